The Morgan fingerprint density at radius 3 is 2.46 bits per heavy atom. The van der Waals surface area contributed by atoms with Gasteiger partial charge in [-0.1, -0.05) is 38.4 Å². The summed E-state index contributed by atoms with van der Waals surface area (Å²) >= 11 is 6.11. The summed E-state index contributed by atoms with van der Waals surface area (Å²) in [6, 6.07) is 14.6. The number of esters is 1. The number of carbonyl (C=O) groups is 1. The SMILES string of the molecule is COc1cc(-c2nc3ccccn3c2NC(C)(C)CC(C)(C)C)ccc1OC(=O)c1ccc([N+](=O)[O-])cc1Cl. The van der Waals surface area contributed by atoms with Gasteiger partial charge in [-0.25, -0.2) is 9.78 Å². The van der Waals surface area contributed by atoms with E-state index in [1.54, 1.807) is 18.2 Å². The van der Waals surface area contributed by atoms with Crippen LogP contribution in [0.25, 0.3) is 16.9 Å². The molecular formula is C29H31ClN4O5. The number of anilines is 1. The Hall–Kier alpha value is -4.11. The molecule has 0 fully saturated rings. The lowest BCUT2D eigenvalue weighted by Gasteiger charge is -2.34. The van der Waals surface area contributed by atoms with Crippen molar-refractivity contribution in [1.82, 2.24) is 9.38 Å². The second kappa shape index (κ2) is 10.6. The molecule has 39 heavy (non-hydrogen) atoms. The van der Waals surface area contributed by atoms with Crippen LogP contribution in [-0.2, 0) is 0 Å². The zero-order valence-corrected chi connectivity index (χ0v) is 23.5. The number of hydrogen-bond donors (Lipinski definition) is 1. The molecule has 0 amide bonds. The molecule has 2 heterocycles. The number of methoxy groups -OCH3 is 1. The topological polar surface area (TPSA) is 108 Å². The Bertz CT molecular complexity index is 1560. The quantitative estimate of drug-likeness (QED) is 0.105. The van der Waals surface area contributed by atoms with Gasteiger partial charge in [0.2, 0.25) is 0 Å². The minimum atomic E-state index is -0.764. The summed E-state index contributed by atoms with van der Waals surface area (Å²) in [5.41, 5.74) is 1.92. The van der Waals surface area contributed by atoms with Crippen molar-refractivity contribution < 1.29 is 19.2 Å². The van der Waals surface area contributed by atoms with Crippen molar-refractivity contribution in [3.63, 3.8) is 0 Å². The summed E-state index contributed by atoms with van der Waals surface area (Å²) in [7, 11) is 1.48. The van der Waals surface area contributed by atoms with Gasteiger partial charge in [-0.15, -0.1) is 0 Å². The molecule has 0 atom stereocenters. The van der Waals surface area contributed by atoms with Crippen molar-refractivity contribution in [2.24, 2.45) is 5.41 Å². The number of nitro benzene ring substituents is 1. The lowest BCUT2D eigenvalue weighted by atomic mass is 9.82. The highest BCUT2D eigenvalue weighted by Crippen LogP contribution is 2.38. The van der Waals surface area contributed by atoms with Crippen LogP contribution in [0.3, 0.4) is 0 Å². The molecule has 0 spiro atoms. The molecule has 4 rings (SSSR count). The zero-order chi connectivity index (χ0) is 28.5. The van der Waals surface area contributed by atoms with E-state index in [1.807, 2.05) is 28.8 Å². The zero-order valence-electron chi connectivity index (χ0n) is 22.7. The number of aromatic nitrogens is 2. The van der Waals surface area contributed by atoms with E-state index in [0.29, 0.717) is 5.75 Å². The number of imidazole rings is 1. The van der Waals surface area contributed by atoms with E-state index in [2.05, 4.69) is 39.9 Å². The summed E-state index contributed by atoms with van der Waals surface area (Å²) < 4.78 is 13.1. The molecule has 0 saturated heterocycles. The first-order valence-electron chi connectivity index (χ1n) is 12.4. The van der Waals surface area contributed by atoms with Crippen LogP contribution in [0.4, 0.5) is 11.5 Å². The fourth-order valence-corrected chi connectivity index (χ4v) is 5.10. The first kappa shape index (κ1) is 27.9. The van der Waals surface area contributed by atoms with E-state index in [1.165, 1.54) is 19.2 Å². The molecule has 4 aromatic rings. The maximum atomic E-state index is 12.8. The van der Waals surface area contributed by atoms with Gasteiger partial charge in [0.15, 0.2) is 11.5 Å². The maximum absolute atomic E-state index is 12.8. The number of nitro groups is 1. The molecule has 1 N–H and O–H groups in total. The van der Waals surface area contributed by atoms with Gasteiger partial charge in [-0.2, -0.15) is 0 Å². The van der Waals surface area contributed by atoms with Gasteiger partial charge in [-0.05, 0) is 62.1 Å². The molecule has 0 unspecified atom stereocenters. The van der Waals surface area contributed by atoms with Gasteiger partial charge < -0.3 is 14.8 Å². The number of carbonyl (C=O) groups excluding carboxylic acids is 1. The monoisotopic (exact) mass is 550 g/mol. The Kier molecular flexibility index (Phi) is 7.57. The molecule has 204 valence electrons. The number of fused-ring (bicyclic) bond motifs is 1. The van der Waals surface area contributed by atoms with Crippen molar-refractivity contribution in [2.75, 3.05) is 12.4 Å². The Morgan fingerprint density at radius 1 is 1.08 bits per heavy atom. The fourth-order valence-electron chi connectivity index (χ4n) is 4.84. The number of nitrogens with one attached hydrogen (secondary N) is 1. The Balaban J connectivity index is 1.69. The Labute approximate surface area is 231 Å². The average molecular weight is 551 g/mol. The van der Waals surface area contributed by atoms with E-state index in [4.69, 9.17) is 26.1 Å². The first-order valence-corrected chi connectivity index (χ1v) is 12.8. The second-order valence-electron chi connectivity index (χ2n) is 11.2. The van der Waals surface area contributed by atoms with Crippen LogP contribution < -0.4 is 14.8 Å². The number of ether oxygens (including phenoxy) is 2. The number of halogens is 1. The van der Waals surface area contributed by atoms with Crippen molar-refractivity contribution in [3.8, 4) is 22.8 Å². The largest absolute Gasteiger partial charge is 0.493 e. The van der Waals surface area contributed by atoms with Gasteiger partial charge in [-0.3, -0.25) is 14.5 Å². The van der Waals surface area contributed by atoms with Gasteiger partial charge >= 0.3 is 5.97 Å². The molecule has 0 saturated carbocycles. The number of benzene rings is 2. The smallest absolute Gasteiger partial charge is 0.345 e. The van der Waals surface area contributed by atoms with Gasteiger partial charge in [0.25, 0.3) is 5.69 Å². The minimum Gasteiger partial charge on any atom is -0.493 e. The highest BCUT2D eigenvalue weighted by atomic mass is 35.5. The third-order valence-electron chi connectivity index (χ3n) is 5.98. The predicted octanol–water partition coefficient (Wildman–Crippen LogP) is 7.42. The molecule has 0 aliphatic rings. The van der Waals surface area contributed by atoms with Crippen LogP contribution in [0.2, 0.25) is 5.02 Å². The van der Waals surface area contributed by atoms with E-state index >= 15 is 0 Å². The summed E-state index contributed by atoms with van der Waals surface area (Å²) in [5, 5.41) is 14.6. The second-order valence-corrected chi connectivity index (χ2v) is 11.6. The lowest BCUT2D eigenvalue weighted by Crippen LogP contribution is -2.36. The first-order chi connectivity index (χ1) is 18.3. The standard InChI is InChI=1S/C29H31ClN4O5/c1-28(2,3)17-29(4,5)32-26-25(31-24-9-7-8-14-33(24)26)18-10-13-22(23(15-18)38-6)39-27(35)20-12-11-19(34(36)37)16-21(20)30/h7-16,32H,17H2,1-6H3. The van der Waals surface area contributed by atoms with E-state index in [9.17, 15) is 14.9 Å². The molecular weight excluding hydrogens is 520 g/mol. The van der Waals surface area contributed by atoms with Gasteiger partial charge in [0.1, 0.15) is 17.2 Å². The van der Waals surface area contributed by atoms with Crippen LogP contribution in [0.5, 0.6) is 11.5 Å². The highest BCUT2D eigenvalue weighted by molar-refractivity contribution is 6.33. The van der Waals surface area contributed by atoms with E-state index < -0.39 is 10.9 Å². The number of nitrogens with zero attached hydrogens (tertiary/aromatic N) is 3. The minimum absolute atomic E-state index is 0.00122. The molecule has 2 aromatic carbocycles. The summed E-state index contributed by atoms with van der Waals surface area (Å²) in [6.45, 7) is 11.0. The number of non-ortho nitro benzene ring substituents is 1. The lowest BCUT2D eigenvalue weighted by molar-refractivity contribution is -0.384. The molecule has 2 aromatic heterocycles. The fraction of sp³-hybridized carbons (Fsp3) is 0.310. The van der Waals surface area contributed by atoms with Crippen molar-refractivity contribution in [3.05, 3.63) is 81.5 Å². The molecule has 10 heteroatoms. The Morgan fingerprint density at radius 2 is 1.82 bits per heavy atom. The normalized spacial score (nSPS) is 11.9. The third-order valence-corrected chi connectivity index (χ3v) is 6.29. The van der Waals surface area contributed by atoms with E-state index in [0.717, 1.165) is 35.2 Å². The van der Waals surface area contributed by atoms with Crippen LogP contribution in [-0.4, -0.2) is 32.9 Å². The predicted molar refractivity (Wildman–Crippen MR) is 152 cm³/mol. The van der Waals surface area contributed by atoms with Crippen molar-refractivity contribution in [1.29, 1.82) is 0 Å². The van der Waals surface area contributed by atoms with Crippen LogP contribution in [0.1, 0.15) is 51.4 Å². The summed E-state index contributed by atoms with van der Waals surface area (Å²) in [4.78, 5) is 28.1. The summed E-state index contributed by atoms with van der Waals surface area (Å²) in [5.74, 6) is 0.562. The molecule has 0 aliphatic heterocycles. The van der Waals surface area contributed by atoms with Crippen molar-refractivity contribution in [2.45, 2.75) is 46.6 Å². The van der Waals surface area contributed by atoms with Crippen molar-refractivity contribution >= 4 is 34.7 Å². The third kappa shape index (κ3) is 6.31. The van der Waals surface area contributed by atoms with Gasteiger partial charge in [0, 0.05) is 29.4 Å². The number of pyridine rings is 1. The number of rotatable bonds is 8. The average Bonchev–Trinajstić information content (AvgIpc) is 3.20. The molecule has 0 radical (unpaired) electrons. The summed E-state index contributed by atoms with van der Waals surface area (Å²) in [6.07, 6.45) is 2.88. The molecule has 0 aliphatic carbocycles. The van der Waals surface area contributed by atoms with Crippen LogP contribution in [0.15, 0.2) is 60.8 Å². The van der Waals surface area contributed by atoms with Gasteiger partial charge in [0.05, 0.1) is 22.6 Å². The van der Waals surface area contributed by atoms with Crippen LogP contribution >= 0.6 is 11.6 Å². The maximum Gasteiger partial charge on any atom is 0.345 e. The van der Waals surface area contributed by atoms with E-state index in [-0.39, 0.29) is 33.0 Å². The highest BCUT2D eigenvalue weighted by Gasteiger charge is 2.28. The van der Waals surface area contributed by atoms with Crippen LogP contribution in [0, 0.1) is 15.5 Å². The molecule has 9 nitrogen and oxygen atoms in total. The molecule has 0 bridgehead atoms. The number of hydrogen-bond acceptors (Lipinski definition) is 7.